The van der Waals surface area contributed by atoms with Crippen molar-refractivity contribution in [3.8, 4) is 0 Å². The summed E-state index contributed by atoms with van der Waals surface area (Å²) in [7, 11) is 1.39. The van der Waals surface area contributed by atoms with Gasteiger partial charge in [-0.1, -0.05) is 24.3 Å². The number of aryl methyl sites for hydroxylation is 1. The van der Waals surface area contributed by atoms with Crippen LogP contribution in [0.25, 0.3) is 6.08 Å². The second-order valence-corrected chi connectivity index (χ2v) is 3.07. The number of methoxy groups -OCH3 is 1. The maximum absolute atomic E-state index is 11.3. The Bertz CT molecular complexity index is 365. The molecule has 0 aromatic heterocycles. The lowest BCUT2D eigenvalue weighted by Crippen LogP contribution is -2.03. The quantitative estimate of drug-likeness (QED) is 0.670. The monoisotopic (exact) mass is 190 g/mol. The van der Waals surface area contributed by atoms with E-state index in [0.717, 1.165) is 11.1 Å². The molecular formula is C12H14O2. The van der Waals surface area contributed by atoms with Crippen molar-refractivity contribution in [1.82, 2.24) is 0 Å². The van der Waals surface area contributed by atoms with E-state index < -0.39 is 0 Å². The van der Waals surface area contributed by atoms with E-state index >= 15 is 0 Å². The summed E-state index contributed by atoms with van der Waals surface area (Å²) in [5, 5.41) is 0. The van der Waals surface area contributed by atoms with Crippen molar-refractivity contribution in [1.29, 1.82) is 0 Å². The Kier molecular flexibility index (Phi) is 3.46. The molecule has 0 aliphatic heterocycles. The Balaban J connectivity index is 3.07. The van der Waals surface area contributed by atoms with Gasteiger partial charge in [-0.05, 0) is 31.0 Å². The summed E-state index contributed by atoms with van der Waals surface area (Å²) < 4.78 is 4.66. The highest BCUT2D eigenvalue weighted by atomic mass is 16.5. The minimum atomic E-state index is -0.283. The van der Waals surface area contributed by atoms with Gasteiger partial charge in [0.15, 0.2) is 0 Å². The van der Waals surface area contributed by atoms with Gasteiger partial charge in [-0.3, -0.25) is 0 Å². The van der Waals surface area contributed by atoms with Crippen LogP contribution in [-0.4, -0.2) is 13.1 Å². The molecule has 0 aliphatic carbocycles. The lowest BCUT2D eigenvalue weighted by atomic mass is 10.1. The zero-order valence-corrected chi connectivity index (χ0v) is 8.70. The highest BCUT2D eigenvalue weighted by molar-refractivity contribution is 5.91. The smallest absolute Gasteiger partial charge is 0.338 e. The molecule has 74 valence electrons. The highest BCUT2D eigenvalue weighted by Gasteiger charge is 2.07. The largest absolute Gasteiger partial charge is 0.465 e. The van der Waals surface area contributed by atoms with Crippen molar-refractivity contribution in [3.63, 3.8) is 0 Å². The fourth-order valence-electron chi connectivity index (χ4n) is 1.32. The number of hydrogen-bond acceptors (Lipinski definition) is 2. The molecule has 0 saturated heterocycles. The average Bonchev–Trinajstić information content (AvgIpc) is 2.17. The topological polar surface area (TPSA) is 26.3 Å². The molecule has 2 nitrogen and oxygen atoms in total. The Morgan fingerprint density at radius 2 is 2.14 bits per heavy atom. The first-order chi connectivity index (χ1) is 6.69. The Hall–Kier alpha value is -1.57. The summed E-state index contributed by atoms with van der Waals surface area (Å²) in [6, 6.07) is 5.65. The van der Waals surface area contributed by atoms with Crippen molar-refractivity contribution < 1.29 is 9.53 Å². The van der Waals surface area contributed by atoms with Crippen LogP contribution in [0.4, 0.5) is 0 Å². The van der Waals surface area contributed by atoms with Crippen LogP contribution in [0.3, 0.4) is 0 Å². The minimum absolute atomic E-state index is 0.283. The van der Waals surface area contributed by atoms with Crippen LogP contribution in [0.15, 0.2) is 24.3 Å². The molecule has 0 radical (unpaired) electrons. The Labute approximate surface area is 84.2 Å². The number of benzene rings is 1. The van der Waals surface area contributed by atoms with Crippen molar-refractivity contribution in [2.24, 2.45) is 0 Å². The third-order valence-corrected chi connectivity index (χ3v) is 2.01. The SMILES string of the molecule is CC=Cc1ccc(C(=O)OC)c(C)c1. The molecule has 1 aromatic rings. The molecule has 0 aliphatic rings. The first-order valence-corrected chi connectivity index (χ1v) is 4.50. The number of ether oxygens (including phenoxy) is 1. The molecule has 0 saturated carbocycles. The van der Waals surface area contributed by atoms with Crippen molar-refractivity contribution in [2.75, 3.05) is 7.11 Å². The lowest BCUT2D eigenvalue weighted by Gasteiger charge is -2.04. The van der Waals surface area contributed by atoms with Crippen LogP contribution in [-0.2, 0) is 4.74 Å². The van der Waals surface area contributed by atoms with E-state index in [1.807, 2.05) is 38.1 Å². The molecule has 0 fully saturated rings. The van der Waals surface area contributed by atoms with E-state index in [9.17, 15) is 4.79 Å². The molecular weight excluding hydrogens is 176 g/mol. The van der Waals surface area contributed by atoms with E-state index in [-0.39, 0.29) is 5.97 Å². The van der Waals surface area contributed by atoms with Gasteiger partial charge >= 0.3 is 5.97 Å². The molecule has 1 aromatic carbocycles. The number of carbonyl (C=O) groups excluding carboxylic acids is 1. The summed E-state index contributed by atoms with van der Waals surface area (Å²) in [5.74, 6) is -0.283. The van der Waals surface area contributed by atoms with Crippen LogP contribution < -0.4 is 0 Å². The summed E-state index contributed by atoms with van der Waals surface area (Å²) >= 11 is 0. The van der Waals surface area contributed by atoms with Crippen LogP contribution in [0.1, 0.15) is 28.4 Å². The number of rotatable bonds is 2. The van der Waals surface area contributed by atoms with Gasteiger partial charge in [0.25, 0.3) is 0 Å². The number of allylic oxidation sites excluding steroid dienone is 1. The standard InChI is InChI=1S/C12H14O2/c1-4-5-10-6-7-11(9(2)8-10)12(13)14-3/h4-8H,1-3H3. The third-order valence-electron chi connectivity index (χ3n) is 2.01. The molecule has 0 amide bonds. The van der Waals surface area contributed by atoms with Gasteiger partial charge in [0, 0.05) is 0 Å². The highest BCUT2D eigenvalue weighted by Crippen LogP contribution is 2.13. The van der Waals surface area contributed by atoms with Gasteiger partial charge in [0.05, 0.1) is 12.7 Å². The average molecular weight is 190 g/mol. The lowest BCUT2D eigenvalue weighted by molar-refractivity contribution is 0.0600. The Morgan fingerprint density at radius 3 is 2.64 bits per heavy atom. The third kappa shape index (κ3) is 2.22. The number of esters is 1. The molecule has 0 bridgehead atoms. The summed E-state index contributed by atoms with van der Waals surface area (Å²) in [5.41, 5.74) is 2.66. The van der Waals surface area contributed by atoms with Crippen molar-refractivity contribution in [2.45, 2.75) is 13.8 Å². The zero-order chi connectivity index (χ0) is 10.6. The molecule has 0 heterocycles. The molecule has 0 atom stereocenters. The first kappa shape index (κ1) is 10.5. The molecule has 0 N–H and O–H groups in total. The van der Waals surface area contributed by atoms with Crippen molar-refractivity contribution >= 4 is 12.0 Å². The van der Waals surface area contributed by atoms with Crippen LogP contribution in [0.2, 0.25) is 0 Å². The first-order valence-electron chi connectivity index (χ1n) is 4.50. The molecule has 0 spiro atoms. The Morgan fingerprint density at radius 1 is 1.43 bits per heavy atom. The van der Waals surface area contributed by atoms with Gasteiger partial charge in [-0.2, -0.15) is 0 Å². The van der Waals surface area contributed by atoms with E-state index in [1.54, 1.807) is 6.07 Å². The fraction of sp³-hybridized carbons (Fsp3) is 0.250. The normalized spacial score (nSPS) is 10.5. The summed E-state index contributed by atoms with van der Waals surface area (Å²) in [6.07, 6.45) is 3.96. The van der Waals surface area contributed by atoms with Crippen LogP contribution >= 0.6 is 0 Å². The summed E-state index contributed by atoms with van der Waals surface area (Å²) in [6.45, 7) is 3.86. The van der Waals surface area contributed by atoms with Gasteiger partial charge in [-0.15, -0.1) is 0 Å². The van der Waals surface area contributed by atoms with Crippen LogP contribution in [0.5, 0.6) is 0 Å². The molecule has 0 unspecified atom stereocenters. The van der Waals surface area contributed by atoms with E-state index in [2.05, 4.69) is 4.74 Å². The second-order valence-electron chi connectivity index (χ2n) is 3.07. The fourth-order valence-corrected chi connectivity index (χ4v) is 1.32. The van der Waals surface area contributed by atoms with Gasteiger partial charge in [0.1, 0.15) is 0 Å². The molecule has 14 heavy (non-hydrogen) atoms. The van der Waals surface area contributed by atoms with E-state index in [1.165, 1.54) is 7.11 Å². The predicted molar refractivity (Wildman–Crippen MR) is 57.2 cm³/mol. The molecule has 2 heteroatoms. The van der Waals surface area contributed by atoms with Gasteiger partial charge < -0.3 is 4.74 Å². The molecule has 1 rings (SSSR count). The van der Waals surface area contributed by atoms with E-state index in [0.29, 0.717) is 5.56 Å². The number of hydrogen-bond donors (Lipinski definition) is 0. The second kappa shape index (κ2) is 4.61. The number of carbonyl (C=O) groups is 1. The van der Waals surface area contributed by atoms with Crippen LogP contribution in [0, 0.1) is 6.92 Å². The minimum Gasteiger partial charge on any atom is -0.465 e. The maximum Gasteiger partial charge on any atom is 0.338 e. The maximum atomic E-state index is 11.3. The predicted octanol–water partition coefficient (Wildman–Crippen LogP) is 2.81. The van der Waals surface area contributed by atoms with Gasteiger partial charge in [0.2, 0.25) is 0 Å². The van der Waals surface area contributed by atoms with Gasteiger partial charge in [-0.25, -0.2) is 4.79 Å². The van der Waals surface area contributed by atoms with E-state index in [4.69, 9.17) is 0 Å². The zero-order valence-electron chi connectivity index (χ0n) is 8.70. The summed E-state index contributed by atoms with van der Waals surface area (Å²) in [4.78, 5) is 11.3. The van der Waals surface area contributed by atoms with Crippen molar-refractivity contribution in [3.05, 3.63) is 41.0 Å².